The van der Waals surface area contributed by atoms with E-state index in [4.69, 9.17) is 19.4 Å². The van der Waals surface area contributed by atoms with Gasteiger partial charge in [0, 0.05) is 12.0 Å². The van der Waals surface area contributed by atoms with Crippen molar-refractivity contribution in [2.45, 2.75) is 85.8 Å². The van der Waals surface area contributed by atoms with Crippen LogP contribution in [0.3, 0.4) is 0 Å². The van der Waals surface area contributed by atoms with Gasteiger partial charge in [0.15, 0.2) is 5.82 Å². The van der Waals surface area contributed by atoms with Gasteiger partial charge in [-0.25, -0.2) is 14.8 Å². The Balaban J connectivity index is 2.10. The minimum atomic E-state index is -1.03. The van der Waals surface area contributed by atoms with Gasteiger partial charge in [0.1, 0.15) is 29.6 Å². The number of hydrogen-bond donors (Lipinski definition) is 3. The van der Waals surface area contributed by atoms with Crippen molar-refractivity contribution in [3.63, 3.8) is 0 Å². The van der Waals surface area contributed by atoms with Gasteiger partial charge in [0.05, 0.1) is 23.2 Å². The van der Waals surface area contributed by atoms with Gasteiger partial charge < -0.3 is 29.8 Å². The summed E-state index contributed by atoms with van der Waals surface area (Å²) in [6.45, 7) is 15.3. The van der Waals surface area contributed by atoms with Crippen LogP contribution in [0.1, 0.15) is 61.2 Å². The average molecular weight is 514 g/mol. The zero-order valence-corrected chi connectivity index (χ0v) is 23.0. The molecular weight excluding hydrogens is 474 g/mol. The third kappa shape index (κ3) is 7.17. The number of nitrogens with zero attached hydrogens (tertiary/aromatic N) is 3. The number of benzene rings is 1. The molecule has 0 saturated heterocycles. The van der Waals surface area contributed by atoms with Gasteiger partial charge in [-0.05, 0) is 53.5 Å². The second-order valence-electron chi connectivity index (χ2n) is 11.1. The lowest BCUT2D eigenvalue weighted by atomic mass is 10.0. The highest BCUT2D eigenvalue weighted by Crippen LogP contribution is 2.31. The Morgan fingerprint density at radius 2 is 1.78 bits per heavy atom. The molecule has 202 valence electrons. The number of carbonyl (C=O) groups is 2. The van der Waals surface area contributed by atoms with Crippen LogP contribution in [-0.2, 0) is 27.4 Å². The number of rotatable bonds is 9. The molecule has 0 saturated carbocycles. The topological polar surface area (TPSA) is 128 Å². The van der Waals surface area contributed by atoms with Crippen LogP contribution in [-0.4, -0.2) is 55.5 Å². The molecule has 1 atom stereocenters. The van der Waals surface area contributed by atoms with Crippen LogP contribution in [0.4, 0.5) is 10.6 Å². The second-order valence-corrected chi connectivity index (χ2v) is 11.1. The number of ether oxygens (including phenoxy) is 2. The summed E-state index contributed by atoms with van der Waals surface area (Å²) in [5.74, 6) is 0.223. The van der Waals surface area contributed by atoms with Gasteiger partial charge >= 0.3 is 6.09 Å². The zero-order valence-electron chi connectivity index (χ0n) is 23.0. The van der Waals surface area contributed by atoms with Gasteiger partial charge in [0.2, 0.25) is 5.91 Å². The molecule has 0 unspecified atom stereocenters. The molecule has 3 aromatic rings. The Morgan fingerprint density at radius 1 is 1.11 bits per heavy atom. The minimum absolute atomic E-state index is 0.218. The van der Waals surface area contributed by atoms with Crippen molar-refractivity contribution in [1.82, 2.24) is 19.9 Å². The third-order valence-electron chi connectivity index (χ3n) is 5.51. The Hall–Kier alpha value is -3.24. The monoisotopic (exact) mass is 513 g/mol. The van der Waals surface area contributed by atoms with Crippen molar-refractivity contribution in [2.24, 2.45) is 5.92 Å². The van der Waals surface area contributed by atoms with E-state index >= 15 is 0 Å². The molecule has 0 aliphatic carbocycles. The van der Waals surface area contributed by atoms with Crippen molar-refractivity contribution in [1.29, 1.82) is 0 Å². The van der Waals surface area contributed by atoms with Crippen LogP contribution < -0.4 is 10.6 Å². The largest absolute Gasteiger partial charge is 0.444 e. The maximum absolute atomic E-state index is 13.4. The molecule has 0 aliphatic heterocycles. The Kier molecular flexibility index (Phi) is 8.44. The number of pyridine rings is 1. The molecule has 0 spiro atoms. The molecule has 1 aromatic carbocycles. The number of aliphatic hydroxyl groups is 1. The first-order valence-electron chi connectivity index (χ1n) is 12.6. The standard InChI is InChI=1S/C27H39N5O5/c1-9-36-14-19-29-21-22(32(19)15-27(7,8)35)17-12-10-11-13-18(17)28-23(21)31-24(33)20(16(2)3)30-25(34)37-26(4,5)6/h10-13,16,20,35H,9,14-15H2,1-8H3,(H,30,34)(H,28,31,33)/t20-/m0/s1. The van der Waals surface area contributed by atoms with Crippen molar-refractivity contribution >= 4 is 39.8 Å². The van der Waals surface area contributed by atoms with Crippen LogP contribution in [0.25, 0.3) is 21.9 Å². The lowest BCUT2D eigenvalue weighted by Crippen LogP contribution is -2.48. The first kappa shape index (κ1) is 28.3. The number of alkyl carbamates (subject to hydrolysis) is 1. The number of aromatic nitrogens is 3. The molecule has 2 amide bonds. The molecule has 0 aliphatic rings. The zero-order chi connectivity index (χ0) is 27.5. The second kappa shape index (κ2) is 11.0. The molecule has 3 N–H and O–H groups in total. The number of fused-ring (bicyclic) bond motifs is 3. The lowest BCUT2D eigenvalue weighted by Gasteiger charge is -2.25. The van der Waals surface area contributed by atoms with Gasteiger partial charge in [-0.3, -0.25) is 4.79 Å². The van der Waals surface area contributed by atoms with Crippen molar-refractivity contribution < 1.29 is 24.2 Å². The summed E-state index contributed by atoms with van der Waals surface area (Å²) >= 11 is 0. The molecular formula is C27H39N5O5. The maximum atomic E-state index is 13.4. The first-order chi connectivity index (χ1) is 17.2. The third-order valence-corrected chi connectivity index (χ3v) is 5.51. The minimum Gasteiger partial charge on any atom is -0.444 e. The highest BCUT2D eigenvalue weighted by molar-refractivity contribution is 6.10. The molecule has 10 heteroatoms. The van der Waals surface area contributed by atoms with Crippen molar-refractivity contribution in [3.05, 3.63) is 30.1 Å². The van der Waals surface area contributed by atoms with E-state index in [2.05, 4.69) is 10.6 Å². The number of amides is 2. The van der Waals surface area contributed by atoms with E-state index < -0.39 is 29.2 Å². The van der Waals surface area contributed by atoms with Gasteiger partial charge in [0.25, 0.3) is 0 Å². The fourth-order valence-electron chi connectivity index (χ4n) is 3.99. The Labute approximate surface area is 217 Å². The number of nitrogens with one attached hydrogen (secondary N) is 2. The normalized spacial score (nSPS) is 13.2. The fraction of sp³-hybridized carbons (Fsp3) is 0.556. The van der Waals surface area contributed by atoms with Gasteiger partial charge in [-0.1, -0.05) is 32.0 Å². The molecule has 0 fully saturated rings. The summed E-state index contributed by atoms with van der Waals surface area (Å²) in [5.41, 5.74) is 0.150. The fourth-order valence-corrected chi connectivity index (χ4v) is 3.99. The summed E-state index contributed by atoms with van der Waals surface area (Å²) < 4.78 is 12.9. The first-order valence-corrected chi connectivity index (χ1v) is 12.6. The van der Waals surface area contributed by atoms with Crippen LogP contribution in [0.5, 0.6) is 0 Å². The number of carbonyl (C=O) groups excluding carboxylic acids is 2. The highest BCUT2D eigenvalue weighted by Gasteiger charge is 2.29. The molecule has 10 nitrogen and oxygen atoms in total. The van der Waals surface area contributed by atoms with E-state index in [-0.39, 0.29) is 24.9 Å². The Morgan fingerprint density at radius 3 is 2.38 bits per heavy atom. The summed E-state index contributed by atoms with van der Waals surface area (Å²) in [7, 11) is 0. The summed E-state index contributed by atoms with van der Waals surface area (Å²) in [5, 5.41) is 17.1. The van der Waals surface area contributed by atoms with E-state index in [1.165, 1.54) is 0 Å². The van der Waals surface area contributed by atoms with E-state index in [0.29, 0.717) is 23.5 Å². The molecule has 37 heavy (non-hydrogen) atoms. The van der Waals surface area contributed by atoms with E-state index in [1.54, 1.807) is 34.6 Å². The smallest absolute Gasteiger partial charge is 0.408 e. The number of hydrogen-bond acceptors (Lipinski definition) is 7. The molecule has 0 radical (unpaired) electrons. The lowest BCUT2D eigenvalue weighted by molar-refractivity contribution is -0.119. The quantitative estimate of drug-likeness (QED) is 0.387. The molecule has 0 bridgehead atoms. The van der Waals surface area contributed by atoms with Crippen LogP contribution in [0.15, 0.2) is 24.3 Å². The number of para-hydroxylation sites is 1. The number of anilines is 1. The van der Waals surface area contributed by atoms with E-state index in [0.717, 1.165) is 10.9 Å². The van der Waals surface area contributed by atoms with Crippen LogP contribution >= 0.6 is 0 Å². The summed E-state index contributed by atoms with van der Waals surface area (Å²) in [6.07, 6.45) is -0.675. The SMILES string of the molecule is CCOCc1nc2c(NC(=O)[C@@H](NC(=O)OC(C)(C)C)C(C)C)nc3ccccc3c2n1CC(C)(C)O. The van der Waals surface area contributed by atoms with Gasteiger partial charge in [-0.2, -0.15) is 0 Å². The molecule has 2 aromatic heterocycles. The maximum Gasteiger partial charge on any atom is 0.408 e. The van der Waals surface area contributed by atoms with Gasteiger partial charge in [-0.15, -0.1) is 0 Å². The van der Waals surface area contributed by atoms with Crippen LogP contribution in [0, 0.1) is 5.92 Å². The average Bonchev–Trinajstić information content (AvgIpc) is 3.11. The number of imidazole rings is 1. The predicted octanol–water partition coefficient (Wildman–Crippen LogP) is 4.38. The highest BCUT2D eigenvalue weighted by atomic mass is 16.6. The Bertz CT molecular complexity index is 1270. The predicted molar refractivity (Wildman–Crippen MR) is 143 cm³/mol. The van der Waals surface area contributed by atoms with Crippen molar-refractivity contribution in [2.75, 3.05) is 11.9 Å². The summed E-state index contributed by atoms with van der Waals surface area (Å²) in [6, 6.07) is 6.70. The molecule has 3 rings (SSSR count). The van der Waals surface area contributed by atoms with E-state index in [9.17, 15) is 14.7 Å². The summed E-state index contributed by atoms with van der Waals surface area (Å²) in [4.78, 5) is 35.3. The van der Waals surface area contributed by atoms with E-state index in [1.807, 2.05) is 49.6 Å². The van der Waals surface area contributed by atoms with Crippen LogP contribution in [0.2, 0.25) is 0 Å². The molecule has 2 heterocycles. The van der Waals surface area contributed by atoms with Crippen molar-refractivity contribution in [3.8, 4) is 0 Å².